The molecule has 0 saturated heterocycles. The molecule has 0 spiro atoms. The van der Waals surface area contributed by atoms with E-state index in [1.54, 1.807) is 62.6 Å². The molecule has 2 aromatic rings. The first kappa shape index (κ1) is 31.0. The van der Waals surface area contributed by atoms with Gasteiger partial charge in [0.05, 0.1) is 27.2 Å². The van der Waals surface area contributed by atoms with Crippen molar-refractivity contribution in [3.8, 4) is 23.0 Å². The van der Waals surface area contributed by atoms with Gasteiger partial charge in [-0.3, -0.25) is 9.59 Å². The summed E-state index contributed by atoms with van der Waals surface area (Å²) in [5.74, 6) is 0.462. The van der Waals surface area contributed by atoms with Crippen molar-refractivity contribution in [1.29, 1.82) is 0 Å². The van der Waals surface area contributed by atoms with Crippen LogP contribution in [0.5, 0.6) is 23.0 Å². The molecule has 0 radical (unpaired) electrons. The van der Waals surface area contributed by atoms with Crippen molar-refractivity contribution in [3.63, 3.8) is 0 Å². The normalized spacial score (nSPS) is 13.1. The minimum atomic E-state index is -0.875. The van der Waals surface area contributed by atoms with Gasteiger partial charge in [0, 0.05) is 5.41 Å². The quantitative estimate of drug-likeness (QED) is 0.275. The Labute approximate surface area is 229 Å². The Balaban J connectivity index is 2.06. The number of hydrogen-bond acceptors (Lipinski definition) is 8. The summed E-state index contributed by atoms with van der Waals surface area (Å²) in [5, 5.41) is 0. The van der Waals surface area contributed by atoms with E-state index in [2.05, 4.69) is 0 Å². The highest BCUT2D eigenvalue weighted by Gasteiger charge is 2.29. The summed E-state index contributed by atoms with van der Waals surface area (Å²) in [6.45, 7) is 7.36. The van der Waals surface area contributed by atoms with Crippen LogP contribution in [0.15, 0.2) is 48.6 Å². The van der Waals surface area contributed by atoms with E-state index in [1.165, 1.54) is 26.4 Å². The number of hydrogen-bond donors (Lipinski definition) is 1. The van der Waals surface area contributed by atoms with E-state index in [0.717, 1.165) is 5.56 Å². The summed E-state index contributed by atoms with van der Waals surface area (Å²) in [6.07, 6.45) is 4.51. The highest BCUT2D eigenvalue weighted by atomic mass is 16.6. The van der Waals surface area contributed by atoms with Crippen molar-refractivity contribution in [2.45, 2.75) is 33.8 Å². The van der Waals surface area contributed by atoms with Crippen molar-refractivity contribution >= 4 is 29.8 Å². The zero-order valence-corrected chi connectivity index (χ0v) is 23.5. The van der Waals surface area contributed by atoms with E-state index in [9.17, 15) is 14.4 Å². The van der Waals surface area contributed by atoms with E-state index in [0.29, 0.717) is 28.6 Å². The zero-order chi connectivity index (χ0) is 29.2. The molecule has 0 aliphatic carbocycles. The number of ketones is 2. The molecule has 210 valence electrons. The molecule has 9 heteroatoms. The van der Waals surface area contributed by atoms with E-state index in [1.807, 2.05) is 20.8 Å². The fourth-order valence-electron chi connectivity index (χ4n) is 3.42. The van der Waals surface area contributed by atoms with Gasteiger partial charge in [0.15, 0.2) is 34.6 Å². The predicted octanol–water partition coefficient (Wildman–Crippen LogP) is 5.10. The van der Waals surface area contributed by atoms with Crippen LogP contribution in [0.4, 0.5) is 4.79 Å². The van der Waals surface area contributed by atoms with Crippen LogP contribution in [0.3, 0.4) is 0 Å². The van der Waals surface area contributed by atoms with Gasteiger partial charge in [0.25, 0.3) is 0 Å². The second kappa shape index (κ2) is 14.0. The second-order valence-electron chi connectivity index (χ2n) is 9.82. The molecular weight excluding hydrogens is 502 g/mol. The molecule has 2 rings (SSSR count). The molecule has 0 aliphatic heterocycles. The first-order valence-corrected chi connectivity index (χ1v) is 12.3. The second-order valence-corrected chi connectivity index (χ2v) is 9.82. The highest BCUT2D eigenvalue weighted by Crippen LogP contribution is 2.31. The minimum Gasteiger partial charge on any atom is -0.493 e. The number of methoxy groups -OCH3 is 3. The minimum absolute atomic E-state index is 0.0763. The van der Waals surface area contributed by atoms with Crippen LogP contribution in [-0.2, 0) is 14.3 Å². The number of amides is 1. The van der Waals surface area contributed by atoms with Crippen LogP contribution in [0.25, 0.3) is 12.2 Å². The summed E-state index contributed by atoms with van der Waals surface area (Å²) in [5.41, 5.74) is 6.21. The van der Waals surface area contributed by atoms with Crippen LogP contribution in [0, 0.1) is 11.3 Å². The van der Waals surface area contributed by atoms with Crippen LogP contribution < -0.4 is 24.7 Å². The lowest BCUT2D eigenvalue weighted by Crippen LogP contribution is -2.38. The third kappa shape index (κ3) is 9.21. The number of ether oxygens (including phenoxy) is 5. The topological polar surface area (TPSA) is 123 Å². The molecule has 2 N–H and O–H groups in total. The number of nitrogens with two attached hydrogens (primary N) is 1. The molecule has 0 saturated carbocycles. The third-order valence-electron chi connectivity index (χ3n) is 5.94. The van der Waals surface area contributed by atoms with Gasteiger partial charge >= 0.3 is 6.09 Å². The van der Waals surface area contributed by atoms with Crippen LogP contribution in [0.2, 0.25) is 0 Å². The Hall–Kier alpha value is -4.27. The van der Waals surface area contributed by atoms with Crippen molar-refractivity contribution in [3.05, 3.63) is 59.7 Å². The molecule has 0 aromatic heterocycles. The molecule has 1 amide bonds. The average Bonchev–Trinajstić information content (AvgIpc) is 2.91. The molecule has 0 aliphatic rings. The number of primary amides is 1. The Morgan fingerprint density at radius 2 is 1.26 bits per heavy atom. The fraction of sp³-hybridized carbons (Fsp3) is 0.367. The first-order valence-electron chi connectivity index (χ1n) is 12.3. The van der Waals surface area contributed by atoms with Gasteiger partial charge in [-0.25, -0.2) is 4.79 Å². The largest absolute Gasteiger partial charge is 0.493 e. The van der Waals surface area contributed by atoms with Gasteiger partial charge in [-0.05, 0) is 54.5 Å². The van der Waals surface area contributed by atoms with Crippen molar-refractivity contribution in [2.75, 3.05) is 27.9 Å². The van der Waals surface area contributed by atoms with E-state index >= 15 is 0 Å². The molecular formula is C30H37NO8. The molecule has 2 unspecified atom stereocenters. The summed E-state index contributed by atoms with van der Waals surface area (Å²) >= 11 is 0. The summed E-state index contributed by atoms with van der Waals surface area (Å²) in [7, 11) is 4.57. The zero-order valence-electron chi connectivity index (χ0n) is 23.5. The molecule has 9 nitrogen and oxygen atoms in total. The molecule has 0 heterocycles. The lowest BCUT2D eigenvalue weighted by molar-refractivity contribution is -0.126. The van der Waals surface area contributed by atoms with Gasteiger partial charge in [-0.15, -0.1) is 0 Å². The van der Waals surface area contributed by atoms with Gasteiger partial charge in [0.1, 0.15) is 12.7 Å². The number of carbonyl (C=O) groups is 3. The van der Waals surface area contributed by atoms with Gasteiger partial charge in [-0.1, -0.05) is 45.1 Å². The Morgan fingerprint density at radius 3 is 1.69 bits per heavy atom. The van der Waals surface area contributed by atoms with Crippen molar-refractivity contribution in [1.82, 2.24) is 0 Å². The maximum absolute atomic E-state index is 12.6. The molecule has 39 heavy (non-hydrogen) atoms. The number of rotatable bonds is 13. The SMILES string of the molecule is COc1ccc(/C=C/C(=O)C(C)C(=O)/C=C/c2ccc(OCC(OC(N)=O)C(C)(C)C)c(OC)c2)cc1OC. The monoisotopic (exact) mass is 539 g/mol. The predicted molar refractivity (Wildman–Crippen MR) is 149 cm³/mol. The molecule has 2 atom stereocenters. The summed E-state index contributed by atoms with van der Waals surface area (Å²) in [6, 6.07) is 10.4. The van der Waals surface area contributed by atoms with Gasteiger partial charge in [0.2, 0.25) is 0 Å². The number of allylic oxidation sites excluding steroid dienone is 2. The van der Waals surface area contributed by atoms with Crippen LogP contribution in [0.1, 0.15) is 38.8 Å². The maximum atomic E-state index is 12.6. The number of carbonyl (C=O) groups excluding carboxylic acids is 3. The Bertz CT molecular complexity index is 1230. The lowest BCUT2D eigenvalue weighted by Gasteiger charge is -2.29. The highest BCUT2D eigenvalue weighted by molar-refractivity contribution is 6.13. The first-order chi connectivity index (χ1) is 18.4. The molecule has 0 fully saturated rings. The van der Waals surface area contributed by atoms with Crippen LogP contribution in [-0.4, -0.2) is 51.7 Å². The maximum Gasteiger partial charge on any atom is 0.404 e. The van der Waals surface area contributed by atoms with Gasteiger partial charge < -0.3 is 29.4 Å². The van der Waals surface area contributed by atoms with Crippen molar-refractivity contribution < 1.29 is 38.1 Å². The Morgan fingerprint density at radius 1 is 0.795 bits per heavy atom. The Kier molecular flexibility index (Phi) is 11.1. The molecule has 0 bridgehead atoms. The fourth-order valence-corrected chi connectivity index (χ4v) is 3.42. The van der Waals surface area contributed by atoms with E-state index in [4.69, 9.17) is 29.4 Å². The van der Waals surface area contributed by atoms with Crippen LogP contribution >= 0.6 is 0 Å². The lowest BCUT2D eigenvalue weighted by atomic mass is 9.89. The van der Waals surface area contributed by atoms with E-state index in [-0.39, 0.29) is 18.2 Å². The standard InChI is InChI=1S/C30H37NO8/c1-19(22(32)12-8-20-10-14-24(35-5)26(16-20)36-6)23(33)13-9-21-11-15-25(27(17-21)37-7)38-18-28(30(2,3)4)39-29(31)34/h8-17,19,28H,18H2,1-7H3,(H2,31,34)/b12-8+,13-9+. The van der Waals surface area contributed by atoms with E-state index < -0.39 is 23.5 Å². The van der Waals surface area contributed by atoms with Crippen molar-refractivity contribution in [2.24, 2.45) is 17.1 Å². The average molecular weight is 540 g/mol. The third-order valence-corrected chi connectivity index (χ3v) is 5.94. The van der Waals surface area contributed by atoms with Gasteiger partial charge in [-0.2, -0.15) is 0 Å². The summed E-state index contributed by atoms with van der Waals surface area (Å²) in [4.78, 5) is 36.5. The molecule has 2 aromatic carbocycles. The smallest absolute Gasteiger partial charge is 0.404 e. The number of benzene rings is 2. The summed E-state index contributed by atoms with van der Waals surface area (Å²) < 4.78 is 26.9.